The van der Waals surface area contributed by atoms with Gasteiger partial charge < -0.3 is 0 Å². The van der Waals surface area contributed by atoms with Crippen LogP contribution in [0.5, 0.6) is 0 Å². The maximum Gasteiger partial charge on any atom is 0.194 e. The molecule has 0 unspecified atom stereocenters. The molecule has 0 aliphatic carbocycles. The van der Waals surface area contributed by atoms with E-state index < -0.39 is 0 Å². The van der Waals surface area contributed by atoms with Crippen LogP contribution < -0.4 is 0 Å². The summed E-state index contributed by atoms with van der Waals surface area (Å²) in [4.78, 5) is 12.5. The lowest BCUT2D eigenvalue weighted by Crippen LogP contribution is -2.11. The van der Waals surface area contributed by atoms with Gasteiger partial charge in [-0.2, -0.15) is 5.10 Å². The fraction of sp³-hybridized carbons (Fsp3) is 0.200. The normalized spacial score (nSPS) is 10.7. The van der Waals surface area contributed by atoms with Crippen molar-refractivity contribution in [3.05, 3.63) is 38.3 Å². The zero-order valence-electron chi connectivity index (χ0n) is 8.41. The van der Waals surface area contributed by atoms with Gasteiger partial charge in [0.1, 0.15) is 6.54 Å². The number of thiophene rings is 1. The topological polar surface area (TPSA) is 34.9 Å². The number of ketones is 1. The highest BCUT2D eigenvalue weighted by molar-refractivity contribution is 7.18. The molecule has 0 fully saturated rings. The summed E-state index contributed by atoms with van der Waals surface area (Å²) >= 11 is 12.9. The Hall–Kier alpha value is -0.840. The number of carbonyl (C=O) groups excluding carboxylic acids is 1. The Morgan fingerprint density at radius 2 is 2.25 bits per heavy atom. The van der Waals surface area contributed by atoms with E-state index in [1.807, 2.05) is 6.92 Å². The second-order valence-electron chi connectivity index (χ2n) is 3.26. The molecular formula is C10H8Cl2N2OS. The lowest BCUT2D eigenvalue weighted by Gasteiger charge is -2.01. The average molecular weight is 275 g/mol. The van der Waals surface area contributed by atoms with Crippen molar-refractivity contribution in [2.45, 2.75) is 13.5 Å². The number of hydrogen-bond acceptors (Lipinski definition) is 3. The van der Waals surface area contributed by atoms with Crippen molar-refractivity contribution in [3.63, 3.8) is 0 Å². The minimum absolute atomic E-state index is 0.0141. The molecule has 0 saturated carbocycles. The third-order valence-corrected chi connectivity index (χ3v) is 3.83. The van der Waals surface area contributed by atoms with Gasteiger partial charge in [0.05, 0.1) is 26.1 Å². The standard InChI is InChI=1S/C10H8Cl2N2OS/c1-6-7(11)4-13-14(6)5-8(15)9-2-3-10(12)16-9/h2-4H,5H2,1H3. The molecule has 3 nitrogen and oxygen atoms in total. The third-order valence-electron chi connectivity index (χ3n) is 2.18. The van der Waals surface area contributed by atoms with E-state index in [9.17, 15) is 4.79 Å². The van der Waals surface area contributed by atoms with Crippen LogP contribution in [0.3, 0.4) is 0 Å². The first-order valence-corrected chi connectivity index (χ1v) is 6.11. The van der Waals surface area contributed by atoms with Crippen LogP contribution in [-0.4, -0.2) is 15.6 Å². The molecule has 0 aliphatic rings. The highest BCUT2D eigenvalue weighted by Gasteiger charge is 2.12. The minimum Gasteiger partial charge on any atom is -0.291 e. The van der Waals surface area contributed by atoms with Gasteiger partial charge in [0, 0.05) is 0 Å². The lowest BCUT2D eigenvalue weighted by molar-refractivity contribution is 0.0971. The van der Waals surface area contributed by atoms with Crippen molar-refractivity contribution < 1.29 is 4.79 Å². The van der Waals surface area contributed by atoms with E-state index in [1.54, 1.807) is 16.8 Å². The van der Waals surface area contributed by atoms with Crippen LogP contribution in [0.1, 0.15) is 15.4 Å². The molecule has 0 aromatic carbocycles. The van der Waals surface area contributed by atoms with E-state index >= 15 is 0 Å². The quantitative estimate of drug-likeness (QED) is 0.804. The first-order chi connectivity index (χ1) is 7.58. The second kappa shape index (κ2) is 4.57. The fourth-order valence-corrected chi connectivity index (χ4v) is 2.38. The Balaban J connectivity index is 2.17. The monoisotopic (exact) mass is 274 g/mol. The maximum absolute atomic E-state index is 11.8. The molecule has 2 heterocycles. The Morgan fingerprint density at radius 3 is 2.75 bits per heavy atom. The van der Waals surface area contributed by atoms with Crippen LogP contribution in [0.2, 0.25) is 9.36 Å². The number of rotatable bonds is 3. The van der Waals surface area contributed by atoms with Gasteiger partial charge in [0.15, 0.2) is 5.78 Å². The second-order valence-corrected chi connectivity index (χ2v) is 5.38. The molecule has 0 aliphatic heterocycles. The van der Waals surface area contributed by atoms with Gasteiger partial charge in [-0.3, -0.25) is 9.48 Å². The Morgan fingerprint density at radius 1 is 1.50 bits per heavy atom. The first kappa shape index (κ1) is 11.6. The highest BCUT2D eigenvalue weighted by Crippen LogP contribution is 2.22. The number of Topliss-reactive ketones (excluding diaryl/α,β-unsaturated/α-hetero) is 1. The molecule has 84 valence electrons. The predicted molar refractivity (Wildman–Crippen MR) is 65.6 cm³/mol. The Bertz CT molecular complexity index is 533. The fourth-order valence-electron chi connectivity index (χ4n) is 1.26. The van der Waals surface area contributed by atoms with E-state index in [0.29, 0.717) is 14.2 Å². The van der Waals surface area contributed by atoms with Crippen LogP contribution >= 0.6 is 34.5 Å². The van der Waals surface area contributed by atoms with Gasteiger partial charge in [-0.1, -0.05) is 23.2 Å². The van der Waals surface area contributed by atoms with Gasteiger partial charge in [-0.05, 0) is 19.1 Å². The van der Waals surface area contributed by atoms with E-state index in [0.717, 1.165) is 5.69 Å². The summed E-state index contributed by atoms with van der Waals surface area (Å²) in [7, 11) is 0. The predicted octanol–water partition coefficient (Wildman–Crippen LogP) is 3.44. The number of halogens is 2. The van der Waals surface area contributed by atoms with Gasteiger partial charge >= 0.3 is 0 Å². The highest BCUT2D eigenvalue weighted by atomic mass is 35.5. The summed E-state index contributed by atoms with van der Waals surface area (Å²) in [6.07, 6.45) is 1.53. The Labute approximate surface area is 107 Å². The molecule has 0 N–H and O–H groups in total. The van der Waals surface area contributed by atoms with Crippen molar-refractivity contribution in [1.29, 1.82) is 0 Å². The summed E-state index contributed by atoms with van der Waals surface area (Å²) in [5, 5.41) is 4.59. The molecule has 16 heavy (non-hydrogen) atoms. The van der Waals surface area contributed by atoms with Crippen molar-refractivity contribution in [1.82, 2.24) is 9.78 Å². The van der Waals surface area contributed by atoms with Crippen LogP contribution in [0.4, 0.5) is 0 Å². The summed E-state index contributed by atoms with van der Waals surface area (Å²) in [5.74, 6) is -0.0141. The summed E-state index contributed by atoms with van der Waals surface area (Å²) in [6.45, 7) is 2.01. The van der Waals surface area contributed by atoms with Crippen LogP contribution in [0.25, 0.3) is 0 Å². The van der Waals surface area contributed by atoms with Gasteiger partial charge in [0.2, 0.25) is 0 Å². The molecule has 2 aromatic heterocycles. The van der Waals surface area contributed by atoms with E-state index in [4.69, 9.17) is 23.2 Å². The molecule has 0 bridgehead atoms. The largest absolute Gasteiger partial charge is 0.291 e. The summed E-state index contributed by atoms with van der Waals surface area (Å²) in [6, 6.07) is 3.43. The number of aromatic nitrogens is 2. The lowest BCUT2D eigenvalue weighted by atomic mass is 10.3. The van der Waals surface area contributed by atoms with E-state index in [2.05, 4.69) is 5.10 Å². The van der Waals surface area contributed by atoms with Crippen molar-refractivity contribution in [3.8, 4) is 0 Å². The zero-order chi connectivity index (χ0) is 11.7. The Kier molecular flexibility index (Phi) is 3.33. The van der Waals surface area contributed by atoms with Gasteiger partial charge in [0.25, 0.3) is 0 Å². The minimum atomic E-state index is -0.0141. The van der Waals surface area contributed by atoms with Crippen molar-refractivity contribution >= 4 is 40.3 Å². The molecule has 0 saturated heterocycles. The van der Waals surface area contributed by atoms with Crippen molar-refractivity contribution in [2.24, 2.45) is 0 Å². The number of nitrogens with zero attached hydrogens (tertiary/aromatic N) is 2. The molecule has 0 radical (unpaired) electrons. The molecule has 0 atom stereocenters. The third kappa shape index (κ3) is 2.29. The smallest absolute Gasteiger partial charge is 0.194 e. The maximum atomic E-state index is 11.8. The van der Waals surface area contributed by atoms with Crippen LogP contribution in [-0.2, 0) is 6.54 Å². The van der Waals surface area contributed by atoms with E-state index in [-0.39, 0.29) is 12.3 Å². The molecule has 6 heteroatoms. The van der Waals surface area contributed by atoms with Crippen molar-refractivity contribution in [2.75, 3.05) is 0 Å². The summed E-state index contributed by atoms with van der Waals surface area (Å²) in [5.41, 5.74) is 0.790. The number of carbonyl (C=O) groups is 1. The van der Waals surface area contributed by atoms with Crippen LogP contribution in [0.15, 0.2) is 18.3 Å². The average Bonchev–Trinajstić information content (AvgIpc) is 2.79. The molecule has 0 spiro atoms. The number of hydrogen-bond donors (Lipinski definition) is 0. The molecule has 0 amide bonds. The van der Waals surface area contributed by atoms with Gasteiger partial charge in [-0.15, -0.1) is 11.3 Å². The summed E-state index contributed by atoms with van der Waals surface area (Å²) < 4.78 is 2.19. The molecule has 2 rings (SSSR count). The first-order valence-electron chi connectivity index (χ1n) is 4.54. The molecule has 2 aromatic rings. The SMILES string of the molecule is Cc1c(Cl)cnn1CC(=O)c1ccc(Cl)s1. The van der Waals surface area contributed by atoms with E-state index in [1.165, 1.54) is 17.5 Å². The molecular weight excluding hydrogens is 267 g/mol. The van der Waals surface area contributed by atoms with Gasteiger partial charge in [-0.25, -0.2) is 0 Å². The zero-order valence-corrected chi connectivity index (χ0v) is 10.7. The van der Waals surface area contributed by atoms with Crippen LogP contribution in [0, 0.1) is 6.92 Å².